The number of carboxylic acids is 1. The summed E-state index contributed by atoms with van der Waals surface area (Å²) in [5.74, 6) is -0.277. The van der Waals surface area contributed by atoms with Crippen molar-refractivity contribution >= 4 is 12.0 Å². The molecule has 0 fully saturated rings. The molecular weight excluding hydrogens is 284 g/mol. The zero-order valence-corrected chi connectivity index (χ0v) is 13.3. The van der Waals surface area contributed by atoms with Crippen molar-refractivity contribution in [1.29, 1.82) is 0 Å². The lowest BCUT2D eigenvalue weighted by Crippen LogP contribution is -2.39. The molecule has 22 heavy (non-hydrogen) atoms. The van der Waals surface area contributed by atoms with Gasteiger partial charge in [-0.25, -0.2) is 4.79 Å². The number of hydrogen-bond acceptors (Lipinski definition) is 3. The van der Waals surface area contributed by atoms with E-state index in [2.05, 4.69) is 31.4 Å². The number of benzene rings is 1. The largest absolute Gasteiger partial charge is 0.494 e. The topological polar surface area (TPSA) is 87.7 Å². The molecule has 1 aromatic carbocycles. The van der Waals surface area contributed by atoms with Crippen molar-refractivity contribution in [3.05, 3.63) is 29.8 Å². The average Bonchev–Trinajstić information content (AvgIpc) is 2.44. The highest BCUT2D eigenvalue weighted by molar-refractivity contribution is 5.79. The summed E-state index contributed by atoms with van der Waals surface area (Å²) in [5, 5.41) is 13.2. The van der Waals surface area contributed by atoms with Crippen LogP contribution in [0.25, 0.3) is 0 Å². The Hall–Kier alpha value is -2.24. The third-order valence-corrected chi connectivity index (χ3v) is 3.00. The van der Waals surface area contributed by atoms with Crippen molar-refractivity contribution in [2.24, 2.45) is 0 Å². The second kappa shape index (κ2) is 8.26. The standard InChI is InChI=1S/C16H24N2O4/c1-16(2,3)12-5-7-13(8-6-12)22-10-4-9-17-15(21)18-11-14(19)20/h5-8H,4,9-11H2,1-3H3,(H,19,20)(H2,17,18,21). The number of rotatable bonds is 7. The number of ether oxygens (including phenoxy) is 1. The van der Waals surface area contributed by atoms with Crippen LogP contribution in [0.5, 0.6) is 5.75 Å². The average molecular weight is 308 g/mol. The minimum absolute atomic E-state index is 0.117. The fraction of sp³-hybridized carbons (Fsp3) is 0.500. The number of carbonyl (C=O) groups excluding carboxylic acids is 1. The molecule has 122 valence electrons. The van der Waals surface area contributed by atoms with E-state index in [1.165, 1.54) is 5.56 Å². The van der Waals surface area contributed by atoms with Crippen LogP contribution in [0.4, 0.5) is 4.79 Å². The number of urea groups is 1. The van der Waals surface area contributed by atoms with E-state index >= 15 is 0 Å². The number of aliphatic carboxylic acids is 1. The van der Waals surface area contributed by atoms with Gasteiger partial charge < -0.3 is 20.5 Å². The van der Waals surface area contributed by atoms with Crippen LogP contribution in [0.1, 0.15) is 32.8 Å². The molecule has 0 aliphatic carbocycles. The predicted octanol–water partition coefficient (Wildman–Crippen LogP) is 2.14. The van der Waals surface area contributed by atoms with Crippen LogP contribution in [-0.4, -0.2) is 36.8 Å². The Morgan fingerprint density at radius 1 is 1.14 bits per heavy atom. The van der Waals surface area contributed by atoms with Gasteiger partial charge in [-0.1, -0.05) is 32.9 Å². The summed E-state index contributed by atoms with van der Waals surface area (Å²) < 4.78 is 5.59. The van der Waals surface area contributed by atoms with Crippen molar-refractivity contribution in [1.82, 2.24) is 10.6 Å². The van der Waals surface area contributed by atoms with Crippen LogP contribution < -0.4 is 15.4 Å². The lowest BCUT2D eigenvalue weighted by atomic mass is 9.87. The molecule has 0 saturated heterocycles. The smallest absolute Gasteiger partial charge is 0.323 e. The van der Waals surface area contributed by atoms with Crippen LogP contribution in [0.15, 0.2) is 24.3 Å². The van der Waals surface area contributed by atoms with E-state index in [9.17, 15) is 9.59 Å². The second-order valence-electron chi connectivity index (χ2n) is 5.98. The van der Waals surface area contributed by atoms with Crippen molar-refractivity contribution in [3.8, 4) is 5.75 Å². The summed E-state index contributed by atoms with van der Waals surface area (Å²) in [7, 11) is 0. The van der Waals surface area contributed by atoms with Gasteiger partial charge in [-0.05, 0) is 29.5 Å². The lowest BCUT2D eigenvalue weighted by Gasteiger charge is -2.19. The minimum Gasteiger partial charge on any atom is -0.494 e. The van der Waals surface area contributed by atoms with E-state index in [-0.39, 0.29) is 12.0 Å². The van der Waals surface area contributed by atoms with E-state index < -0.39 is 12.0 Å². The first-order chi connectivity index (χ1) is 10.3. The quantitative estimate of drug-likeness (QED) is 0.673. The Kier molecular flexibility index (Phi) is 6.69. The van der Waals surface area contributed by atoms with Crippen LogP contribution in [0, 0.1) is 0 Å². The summed E-state index contributed by atoms with van der Waals surface area (Å²) >= 11 is 0. The number of nitrogens with one attached hydrogen (secondary N) is 2. The number of carbonyl (C=O) groups is 2. The fourth-order valence-corrected chi connectivity index (χ4v) is 1.73. The molecule has 0 atom stereocenters. The molecule has 1 rings (SSSR count). The Morgan fingerprint density at radius 3 is 2.32 bits per heavy atom. The molecule has 0 aromatic heterocycles. The first-order valence-electron chi connectivity index (χ1n) is 7.26. The van der Waals surface area contributed by atoms with Crippen molar-refractivity contribution in [3.63, 3.8) is 0 Å². The van der Waals surface area contributed by atoms with Crippen LogP contribution >= 0.6 is 0 Å². The first kappa shape index (κ1) is 17.8. The normalized spacial score (nSPS) is 10.9. The minimum atomic E-state index is -1.07. The second-order valence-corrected chi connectivity index (χ2v) is 5.98. The molecule has 0 aliphatic rings. The molecule has 1 aromatic rings. The third kappa shape index (κ3) is 6.97. The van der Waals surface area contributed by atoms with Crippen molar-refractivity contribution < 1.29 is 19.4 Å². The Morgan fingerprint density at radius 2 is 1.77 bits per heavy atom. The molecule has 0 heterocycles. The maximum absolute atomic E-state index is 11.2. The Labute approximate surface area is 130 Å². The van der Waals surface area contributed by atoms with Gasteiger partial charge in [0.2, 0.25) is 0 Å². The molecule has 0 aliphatic heterocycles. The van der Waals surface area contributed by atoms with Gasteiger partial charge in [0.25, 0.3) is 0 Å². The third-order valence-electron chi connectivity index (χ3n) is 3.00. The molecule has 0 unspecified atom stereocenters. The Balaban J connectivity index is 2.19. The molecular formula is C16H24N2O4. The molecule has 3 N–H and O–H groups in total. The number of hydrogen-bond donors (Lipinski definition) is 3. The molecule has 0 bridgehead atoms. The van der Waals surface area contributed by atoms with Crippen LogP contribution in [0.3, 0.4) is 0 Å². The monoisotopic (exact) mass is 308 g/mol. The van der Waals surface area contributed by atoms with Gasteiger partial charge in [0.05, 0.1) is 6.61 Å². The van der Waals surface area contributed by atoms with Gasteiger partial charge in [0.1, 0.15) is 12.3 Å². The van der Waals surface area contributed by atoms with E-state index in [4.69, 9.17) is 9.84 Å². The lowest BCUT2D eigenvalue weighted by molar-refractivity contribution is -0.135. The van der Waals surface area contributed by atoms with E-state index in [1.807, 2.05) is 24.3 Å². The molecule has 6 nitrogen and oxygen atoms in total. The summed E-state index contributed by atoms with van der Waals surface area (Å²) in [6.07, 6.45) is 0.640. The highest BCUT2D eigenvalue weighted by atomic mass is 16.5. The van der Waals surface area contributed by atoms with Crippen LogP contribution in [0.2, 0.25) is 0 Å². The molecule has 0 radical (unpaired) electrons. The molecule has 0 spiro atoms. The fourth-order valence-electron chi connectivity index (χ4n) is 1.73. The SMILES string of the molecule is CC(C)(C)c1ccc(OCCCNC(=O)NCC(=O)O)cc1. The number of amides is 2. The highest BCUT2D eigenvalue weighted by Gasteiger charge is 2.12. The first-order valence-corrected chi connectivity index (χ1v) is 7.26. The maximum Gasteiger partial charge on any atom is 0.323 e. The van der Waals surface area contributed by atoms with Gasteiger partial charge in [0.15, 0.2) is 0 Å². The molecule has 6 heteroatoms. The number of carboxylic acid groups (broad SMARTS) is 1. The maximum atomic E-state index is 11.2. The zero-order valence-electron chi connectivity index (χ0n) is 13.3. The van der Waals surface area contributed by atoms with E-state index in [1.54, 1.807) is 0 Å². The zero-order chi connectivity index (χ0) is 16.6. The van der Waals surface area contributed by atoms with Crippen LogP contribution in [-0.2, 0) is 10.2 Å². The van der Waals surface area contributed by atoms with E-state index in [0.717, 1.165) is 5.75 Å². The predicted molar refractivity (Wildman–Crippen MR) is 84.3 cm³/mol. The summed E-state index contributed by atoms with van der Waals surface area (Å²) in [4.78, 5) is 21.4. The van der Waals surface area contributed by atoms with Gasteiger partial charge in [0, 0.05) is 6.54 Å². The summed E-state index contributed by atoms with van der Waals surface area (Å²) in [6, 6.07) is 7.48. The highest BCUT2D eigenvalue weighted by Crippen LogP contribution is 2.24. The van der Waals surface area contributed by atoms with Gasteiger partial charge in [-0.2, -0.15) is 0 Å². The van der Waals surface area contributed by atoms with Crippen molar-refractivity contribution in [2.45, 2.75) is 32.6 Å². The Bertz CT molecular complexity index is 492. The summed E-state index contributed by atoms with van der Waals surface area (Å²) in [5.41, 5.74) is 1.36. The molecule has 0 saturated carbocycles. The van der Waals surface area contributed by atoms with Gasteiger partial charge in [-0.3, -0.25) is 4.79 Å². The van der Waals surface area contributed by atoms with Gasteiger partial charge >= 0.3 is 12.0 Å². The molecule has 2 amide bonds. The summed E-state index contributed by atoms with van der Waals surface area (Å²) in [6.45, 7) is 6.99. The van der Waals surface area contributed by atoms with Crippen molar-refractivity contribution in [2.75, 3.05) is 19.7 Å². The van der Waals surface area contributed by atoms with E-state index in [0.29, 0.717) is 19.6 Å². The van der Waals surface area contributed by atoms with Gasteiger partial charge in [-0.15, -0.1) is 0 Å².